The van der Waals surface area contributed by atoms with E-state index in [9.17, 15) is 5.11 Å². The van der Waals surface area contributed by atoms with Crippen LogP contribution in [-0.2, 0) is 5.41 Å². The lowest BCUT2D eigenvalue weighted by Gasteiger charge is -2.70. The second kappa shape index (κ2) is 5.94. The minimum Gasteiger partial charge on any atom is -0.393 e. The summed E-state index contributed by atoms with van der Waals surface area (Å²) in [5.41, 5.74) is 4.93. The Hall–Kier alpha value is -1.28. The predicted octanol–water partition coefficient (Wildman–Crippen LogP) is 6.78. The molecule has 3 fully saturated rings. The Morgan fingerprint density at radius 1 is 1.00 bits per heavy atom. The highest BCUT2D eigenvalue weighted by Crippen LogP contribution is 2.74. The van der Waals surface area contributed by atoms with Gasteiger partial charge in [0.2, 0.25) is 0 Å². The highest BCUT2D eigenvalue weighted by Gasteiger charge is 2.68. The van der Waals surface area contributed by atoms with E-state index < -0.39 is 0 Å². The second-order valence-corrected chi connectivity index (χ2v) is 12.4. The van der Waals surface area contributed by atoms with Gasteiger partial charge in [0.15, 0.2) is 0 Å². The number of aromatic nitrogens is 1. The van der Waals surface area contributed by atoms with Crippen molar-refractivity contribution in [2.75, 3.05) is 0 Å². The first-order valence-corrected chi connectivity index (χ1v) is 12.5. The van der Waals surface area contributed by atoms with E-state index in [0.717, 1.165) is 6.42 Å². The quantitative estimate of drug-likeness (QED) is 0.498. The average Bonchev–Trinajstić information content (AvgIpc) is 3.16. The molecule has 8 atom stereocenters. The first-order chi connectivity index (χ1) is 14.2. The molecule has 3 saturated carbocycles. The van der Waals surface area contributed by atoms with Gasteiger partial charge in [0.1, 0.15) is 0 Å². The van der Waals surface area contributed by atoms with Crippen LogP contribution in [0.25, 0.3) is 10.9 Å². The molecule has 4 aliphatic carbocycles. The van der Waals surface area contributed by atoms with Crippen molar-refractivity contribution in [1.82, 2.24) is 4.98 Å². The summed E-state index contributed by atoms with van der Waals surface area (Å²) >= 11 is 0. The fourth-order valence-corrected chi connectivity index (χ4v) is 9.67. The molecule has 1 spiro atoms. The number of H-pyrrole nitrogens is 1. The van der Waals surface area contributed by atoms with Crippen LogP contribution in [0.5, 0.6) is 0 Å². The van der Waals surface area contributed by atoms with Gasteiger partial charge >= 0.3 is 0 Å². The second-order valence-electron chi connectivity index (χ2n) is 12.4. The number of aromatic amines is 1. The molecule has 8 unspecified atom stereocenters. The van der Waals surface area contributed by atoms with Gasteiger partial charge in [0.05, 0.1) is 6.10 Å². The summed E-state index contributed by atoms with van der Waals surface area (Å²) in [6.07, 6.45) is 9.48. The van der Waals surface area contributed by atoms with Crippen molar-refractivity contribution in [3.63, 3.8) is 0 Å². The third kappa shape index (κ3) is 2.01. The zero-order valence-corrected chi connectivity index (χ0v) is 19.5. The Balaban J connectivity index is 1.62. The topological polar surface area (TPSA) is 36.0 Å². The van der Waals surface area contributed by atoms with Crippen molar-refractivity contribution in [3.8, 4) is 0 Å². The molecule has 0 aliphatic heterocycles. The van der Waals surface area contributed by atoms with Crippen LogP contribution in [0.15, 0.2) is 24.4 Å². The molecule has 2 nitrogen and oxygen atoms in total. The highest BCUT2D eigenvalue weighted by molar-refractivity contribution is 5.89. The van der Waals surface area contributed by atoms with Gasteiger partial charge in [0, 0.05) is 22.5 Å². The van der Waals surface area contributed by atoms with Gasteiger partial charge in [-0.25, -0.2) is 0 Å². The summed E-state index contributed by atoms with van der Waals surface area (Å²) in [5, 5.41) is 13.2. The molecule has 1 aromatic carbocycles. The van der Waals surface area contributed by atoms with Crippen molar-refractivity contribution in [3.05, 3.63) is 35.5 Å². The van der Waals surface area contributed by atoms with Crippen LogP contribution < -0.4 is 0 Å². The van der Waals surface area contributed by atoms with Gasteiger partial charge < -0.3 is 10.1 Å². The fourth-order valence-electron chi connectivity index (χ4n) is 9.67. The Morgan fingerprint density at radius 2 is 1.80 bits per heavy atom. The van der Waals surface area contributed by atoms with E-state index in [1.165, 1.54) is 48.6 Å². The molecule has 0 saturated heterocycles. The van der Waals surface area contributed by atoms with Gasteiger partial charge in [-0.05, 0) is 96.1 Å². The maximum atomic E-state index is 11.7. The largest absolute Gasteiger partial charge is 0.393 e. The lowest BCUT2D eigenvalue weighted by molar-refractivity contribution is -0.233. The standard InChI is InChI=1S/C28H39NO/c1-16-11-13-27(5)17(2)9-10-22(30)28(27)14-12-20-24(25(16)28)18-15-29-21-8-6-7-19(23(18)21)26(20,3)4/h6-8,15-17,20,22,24-25,29-30H,9-14H2,1-5H3. The lowest BCUT2D eigenvalue weighted by Crippen LogP contribution is -2.66. The van der Waals surface area contributed by atoms with Crippen LogP contribution in [0, 0.1) is 34.5 Å². The van der Waals surface area contributed by atoms with Gasteiger partial charge in [-0.15, -0.1) is 0 Å². The Labute approximate surface area is 181 Å². The minimum absolute atomic E-state index is 0.0788. The summed E-state index contributed by atoms with van der Waals surface area (Å²) in [5.74, 6) is 3.20. The van der Waals surface area contributed by atoms with E-state index in [4.69, 9.17) is 0 Å². The van der Waals surface area contributed by atoms with Crippen molar-refractivity contribution >= 4 is 10.9 Å². The molecule has 0 bridgehead atoms. The van der Waals surface area contributed by atoms with Crippen molar-refractivity contribution in [2.24, 2.45) is 34.5 Å². The van der Waals surface area contributed by atoms with E-state index in [1.807, 2.05) is 0 Å². The maximum Gasteiger partial charge on any atom is 0.0604 e. The van der Waals surface area contributed by atoms with Crippen LogP contribution in [0.3, 0.4) is 0 Å². The van der Waals surface area contributed by atoms with Crippen LogP contribution in [-0.4, -0.2) is 16.2 Å². The molecular weight excluding hydrogens is 366 g/mol. The molecule has 30 heavy (non-hydrogen) atoms. The number of aliphatic hydroxyl groups is 1. The van der Waals surface area contributed by atoms with Crippen LogP contribution in [0.2, 0.25) is 0 Å². The highest BCUT2D eigenvalue weighted by atomic mass is 16.3. The van der Waals surface area contributed by atoms with Crippen molar-refractivity contribution < 1.29 is 5.11 Å². The summed E-state index contributed by atoms with van der Waals surface area (Å²) in [7, 11) is 0. The summed E-state index contributed by atoms with van der Waals surface area (Å²) in [4.78, 5) is 3.64. The molecule has 2 N–H and O–H groups in total. The van der Waals surface area contributed by atoms with Gasteiger partial charge in [-0.3, -0.25) is 0 Å². The Morgan fingerprint density at radius 3 is 2.60 bits per heavy atom. The number of fused-ring (bicyclic) bond motifs is 3. The fraction of sp³-hybridized carbons (Fsp3) is 0.714. The zero-order valence-electron chi connectivity index (χ0n) is 19.5. The molecule has 6 rings (SSSR count). The third-order valence-corrected chi connectivity index (χ3v) is 11.4. The smallest absolute Gasteiger partial charge is 0.0604 e. The Bertz CT molecular complexity index is 1000. The number of rotatable bonds is 0. The summed E-state index contributed by atoms with van der Waals surface area (Å²) < 4.78 is 0. The van der Waals surface area contributed by atoms with Gasteiger partial charge in [0.25, 0.3) is 0 Å². The van der Waals surface area contributed by atoms with Crippen molar-refractivity contribution in [1.29, 1.82) is 0 Å². The van der Waals surface area contributed by atoms with Gasteiger partial charge in [-0.2, -0.15) is 0 Å². The lowest BCUT2D eigenvalue weighted by atomic mass is 9.34. The maximum absolute atomic E-state index is 11.7. The average molecular weight is 406 g/mol. The SMILES string of the molecule is CC1CCC2(C)C(C)CCC(O)C23CCC2C(c4c[nH]c5cccc(c45)C2(C)C)C13. The molecule has 2 heteroatoms. The number of aliphatic hydroxyl groups excluding tert-OH is 1. The summed E-state index contributed by atoms with van der Waals surface area (Å²) in [6, 6.07) is 6.87. The first kappa shape index (κ1) is 19.4. The van der Waals surface area contributed by atoms with Crippen LogP contribution >= 0.6 is 0 Å². The zero-order chi connectivity index (χ0) is 21.1. The molecule has 1 aromatic heterocycles. The number of hydrogen-bond donors (Lipinski definition) is 2. The molecule has 0 radical (unpaired) electrons. The molecule has 2 aromatic rings. The molecule has 1 heterocycles. The van der Waals surface area contributed by atoms with Crippen molar-refractivity contribution in [2.45, 2.75) is 90.6 Å². The monoisotopic (exact) mass is 405 g/mol. The third-order valence-electron chi connectivity index (χ3n) is 11.4. The molecular formula is C28H39NO. The van der Waals surface area contributed by atoms with E-state index in [1.54, 1.807) is 5.56 Å². The van der Waals surface area contributed by atoms with Crippen LogP contribution in [0.1, 0.15) is 90.2 Å². The molecule has 4 aliphatic rings. The minimum atomic E-state index is -0.137. The molecule has 162 valence electrons. The normalized spacial score (nSPS) is 46.7. The van der Waals surface area contributed by atoms with Gasteiger partial charge in [-0.1, -0.05) is 46.8 Å². The summed E-state index contributed by atoms with van der Waals surface area (Å²) in [6.45, 7) is 12.6. The van der Waals surface area contributed by atoms with Crippen LogP contribution in [0.4, 0.5) is 0 Å². The first-order valence-electron chi connectivity index (χ1n) is 12.5. The van der Waals surface area contributed by atoms with E-state index in [0.29, 0.717) is 29.6 Å². The Kier molecular flexibility index (Phi) is 3.84. The van der Waals surface area contributed by atoms with E-state index in [2.05, 4.69) is 64.0 Å². The molecule has 0 amide bonds. The number of benzene rings is 1. The number of nitrogens with one attached hydrogen (secondary N) is 1. The van der Waals surface area contributed by atoms with E-state index >= 15 is 0 Å². The number of hydrogen-bond acceptors (Lipinski definition) is 1. The van der Waals surface area contributed by atoms with E-state index in [-0.39, 0.29) is 22.3 Å². The predicted molar refractivity (Wildman–Crippen MR) is 124 cm³/mol.